The summed E-state index contributed by atoms with van der Waals surface area (Å²) in [5.74, 6) is 0.734. The third-order valence-corrected chi connectivity index (χ3v) is 3.16. The normalized spacial score (nSPS) is 22.8. The Bertz CT molecular complexity index is 380. The Hall–Kier alpha value is -1.34. The van der Waals surface area contributed by atoms with Crippen LogP contribution in [-0.2, 0) is 0 Å². The molecule has 0 radical (unpaired) electrons. The summed E-state index contributed by atoms with van der Waals surface area (Å²) in [4.78, 5) is -1.16. The molecule has 94 valence electrons. The van der Waals surface area contributed by atoms with Gasteiger partial charge >= 0.3 is 0 Å². The van der Waals surface area contributed by atoms with Gasteiger partial charge in [-0.2, -0.15) is 15.4 Å². The predicted octanol–water partition coefficient (Wildman–Crippen LogP) is 0.743. The lowest BCUT2D eigenvalue weighted by atomic mass is 10.2. The van der Waals surface area contributed by atoms with Gasteiger partial charge in [0.15, 0.2) is 6.04 Å². The quantitative estimate of drug-likeness (QED) is 0.679. The molecular formula is C11H18N3O3+. The lowest BCUT2D eigenvalue weighted by molar-refractivity contribution is -1.26. The maximum atomic E-state index is 10.0. The highest BCUT2D eigenvalue weighted by molar-refractivity contribution is 5.47. The zero-order valence-corrected chi connectivity index (χ0v) is 9.78. The fourth-order valence-corrected chi connectivity index (χ4v) is 2.10. The van der Waals surface area contributed by atoms with Crippen molar-refractivity contribution in [2.75, 3.05) is 25.2 Å². The zero-order valence-electron chi connectivity index (χ0n) is 9.78. The SMILES string of the molecule is COc1ccc(N2CCC(CN)[N+]2(O)O)cc1. The summed E-state index contributed by atoms with van der Waals surface area (Å²) in [7, 11) is 1.59. The van der Waals surface area contributed by atoms with Crippen LogP contribution in [-0.4, -0.2) is 41.6 Å². The van der Waals surface area contributed by atoms with Crippen LogP contribution in [0.2, 0.25) is 0 Å². The molecule has 0 bridgehead atoms. The molecule has 1 fully saturated rings. The molecule has 1 aliphatic heterocycles. The number of ether oxygens (including phenoxy) is 1. The van der Waals surface area contributed by atoms with Crippen molar-refractivity contribution in [2.24, 2.45) is 5.73 Å². The monoisotopic (exact) mass is 240 g/mol. The van der Waals surface area contributed by atoms with Crippen molar-refractivity contribution in [2.45, 2.75) is 12.5 Å². The van der Waals surface area contributed by atoms with Crippen molar-refractivity contribution in [1.29, 1.82) is 0 Å². The highest BCUT2D eigenvalue weighted by Crippen LogP contribution is 2.30. The first-order valence-corrected chi connectivity index (χ1v) is 5.56. The molecule has 1 unspecified atom stereocenters. The van der Waals surface area contributed by atoms with Crippen molar-refractivity contribution >= 4 is 5.69 Å². The standard InChI is InChI=1S/C11H18N3O3/c1-17-11-4-2-9(3-5-11)13-7-6-10(8-12)14(13,15)16/h2-5,10,15-16H,6-8,12H2,1H3/q+1. The van der Waals surface area contributed by atoms with Crippen molar-refractivity contribution < 1.29 is 20.1 Å². The van der Waals surface area contributed by atoms with Gasteiger partial charge in [0.25, 0.3) is 0 Å². The third kappa shape index (κ3) is 2.07. The van der Waals surface area contributed by atoms with E-state index in [1.807, 2.05) is 0 Å². The van der Waals surface area contributed by atoms with Crippen LogP contribution < -0.4 is 15.5 Å². The Kier molecular flexibility index (Phi) is 3.21. The van der Waals surface area contributed by atoms with Crippen LogP contribution in [0.4, 0.5) is 5.69 Å². The van der Waals surface area contributed by atoms with Gasteiger partial charge in [-0.25, -0.2) is 0 Å². The molecule has 0 aromatic heterocycles. The molecule has 17 heavy (non-hydrogen) atoms. The predicted molar refractivity (Wildman–Crippen MR) is 61.6 cm³/mol. The molecule has 1 saturated heterocycles. The number of hydrogen-bond acceptors (Lipinski definition) is 5. The van der Waals surface area contributed by atoms with Crippen molar-refractivity contribution in [3.05, 3.63) is 24.3 Å². The Balaban J connectivity index is 2.22. The molecule has 6 heteroatoms. The van der Waals surface area contributed by atoms with Gasteiger partial charge in [-0.05, 0) is 24.3 Å². The Morgan fingerprint density at radius 2 is 2.06 bits per heavy atom. The molecule has 0 aliphatic carbocycles. The average Bonchev–Trinajstić information content (AvgIpc) is 2.64. The molecule has 1 heterocycles. The average molecular weight is 240 g/mol. The second-order valence-corrected chi connectivity index (χ2v) is 4.11. The third-order valence-electron chi connectivity index (χ3n) is 3.16. The fraction of sp³-hybridized carbons (Fsp3) is 0.455. The van der Waals surface area contributed by atoms with Crippen LogP contribution in [0.1, 0.15) is 6.42 Å². The maximum Gasteiger partial charge on any atom is 0.192 e. The summed E-state index contributed by atoms with van der Waals surface area (Å²) in [5.41, 5.74) is 6.24. The Morgan fingerprint density at radius 3 is 2.53 bits per heavy atom. The summed E-state index contributed by atoms with van der Waals surface area (Å²) in [6.07, 6.45) is 0.648. The van der Waals surface area contributed by atoms with Gasteiger partial charge in [0.2, 0.25) is 0 Å². The first kappa shape index (κ1) is 12.1. The summed E-state index contributed by atoms with van der Waals surface area (Å²) in [5, 5.41) is 21.5. The van der Waals surface area contributed by atoms with Gasteiger partial charge in [0.05, 0.1) is 30.8 Å². The number of rotatable bonds is 3. The van der Waals surface area contributed by atoms with E-state index in [2.05, 4.69) is 0 Å². The van der Waals surface area contributed by atoms with E-state index in [4.69, 9.17) is 10.5 Å². The number of hydrogen-bond donors (Lipinski definition) is 3. The van der Waals surface area contributed by atoms with E-state index in [0.717, 1.165) is 11.4 Å². The van der Waals surface area contributed by atoms with Gasteiger partial charge in [-0.1, -0.05) is 0 Å². The van der Waals surface area contributed by atoms with E-state index in [1.54, 1.807) is 31.4 Å². The van der Waals surface area contributed by atoms with Crippen molar-refractivity contribution in [1.82, 2.24) is 0 Å². The van der Waals surface area contributed by atoms with Crippen LogP contribution in [0.3, 0.4) is 0 Å². The van der Waals surface area contributed by atoms with Gasteiger partial charge < -0.3 is 10.5 Å². The molecule has 0 spiro atoms. The molecule has 1 aromatic carbocycles. The second kappa shape index (κ2) is 4.50. The minimum absolute atomic E-state index is 0.236. The van der Waals surface area contributed by atoms with Crippen molar-refractivity contribution in [3.63, 3.8) is 0 Å². The van der Waals surface area contributed by atoms with Crippen molar-refractivity contribution in [3.8, 4) is 5.75 Å². The lowest BCUT2D eigenvalue weighted by Gasteiger charge is -2.30. The first-order chi connectivity index (χ1) is 8.09. The highest BCUT2D eigenvalue weighted by Gasteiger charge is 2.48. The van der Waals surface area contributed by atoms with Gasteiger partial charge in [-0.3, -0.25) is 0 Å². The molecule has 1 aromatic rings. The fourth-order valence-electron chi connectivity index (χ4n) is 2.10. The largest absolute Gasteiger partial charge is 0.497 e. The first-order valence-electron chi connectivity index (χ1n) is 5.56. The van der Waals surface area contributed by atoms with Crippen LogP contribution in [0.25, 0.3) is 0 Å². The number of quaternary nitrogens is 1. The van der Waals surface area contributed by atoms with E-state index in [-0.39, 0.29) is 12.6 Å². The number of nitrogens with zero attached hydrogens (tertiary/aromatic N) is 2. The minimum atomic E-state index is -1.16. The minimum Gasteiger partial charge on any atom is -0.497 e. The molecule has 1 atom stereocenters. The number of methoxy groups -OCH3 is 1. The van der Waals surface area contributed by atoms with Crippen LogP contribution in [0, 0.1) is 0 Å². The zero-order chi connectivity index (χ0) is 12.5. The summed E-state index contributed by atoms with van der Waals surface area (Å²) in [6.45, 7) is 0.793. The molecule has 1 aliphatic rings. The van der Waals surface area contributed by atoms with E-state index < -0.39 is 4.92 Å². The van der Waals surface area contributed by atoms with Crippen LogP contribution >= 0.6 is 0 Å². The number of nitrogens with two attached hydrogens (primary N) is 1. The smallest absolute Gasteiger partial charge is 0.192 e. The number of anilines is 1. The highest BCUT2D eigenvalue weighted by atomic mass is 16.9. The Morgan fingerprint density at radius 1 is 1.41 bits per heavy atom. The maximum absolute atomic E-state index is 10.0. The van der Waals surface area contributed by atoms with Crippen LogP contribution in [0.15, 0.2) is 24.3 Å². The summed E-state index contributed by atoms with van der Waals surface area (Å²) >= 11 is 0. The lowest BCUT2D eigenvalue weighted by Crippen LogP contribution is -2.57. The summed E-state index contributed by atoms with van der Waals surface area (Å²) in [6, 6.07) is 6.77. The van der Waals surface area contributed by atoms with Gasteiger partial charge in [0, 0.05) is 6.42 Å². The van der Waals surface area contributed by atoms with Crippen LogP contribution in [0.5, 0.6) is 5.75 Å². The molecule has 4 N–H and O–H groups in total. The number of benzene rings is 1. The Labute approximate surface area is 99.9 Å². The molecule has 6 nitrogen and oxygen atoms in total. The van der Waals surface area contributed by atoms with E-state index in [0.29, 0.717) is 13.0 Å². The van der Waals surface area contributed by atoms with E-state index >= 15 is 0 Å². The van der Waals surface area contributed by atoms with Gasteiger partial charge in [0.1, 0.15) is 5.75 Å². The van der Waals surface area contributed by atoms with E-state index in [9.17, 15) is 10.4 Å². The summed E-state index contributed by atoms with van der Waals surface area (Å²) < 4.78 is 5.06. The molecule has 0 saturated carbocycles. The van der Waals surface area contributed by atoms with E-state index in [1.165, 1.54) is 5.01 Å². The topological polar surface area (TPSA) is 79.0 Å². The second-order valence-electron chi connectivity index (χ2n) is 4.11. The molecular weight excluding hydrogens is 222 g/mol. The molecule has 0 amide bonds. The molecule has 2 rings (SSSR count). The number of hydroxylamine groups is 2. The van der Waals surface area contributed by atoms with Gasteiger partial charge in [-0.15, -0.1) is 0 Å².